The Morgan fingerprint density at radius 1 is 1.29 bits per heavy atom. The Morgan fingerprint density at radius 3 is 2.65 bits per heavy atom. The highest BCUT2D eigenvalue weighted by molar-refractivity contribution is 5.95. The van der Waals surface area contributed by atoms with Crippen LogP contribution in [-0.2, 0) is 4.74 Å². The average Bonchev–Trinajstić information content (AvgIpc) is 3.08. The van der Waals surface area contributed by atoms with Gasteiger partial charge in [0.05, 0.1) is 6.04 Å². The molecular weight excluding hydrogens is 396 g/mol. The van der Waals surface area contributed by atoms with Crippen molar-refractivity contribution in [3.63, 3.8) is 0 Å². The van der Waals surface area contributed by atoms with Crippen LogP contribution in [0.5, 0.6) is 0 Å². The predicted octanol–water partition coefficient (Wildman–Crippen LogP) is 5.09. The van der Waals surface area contributed by atoms with Gasteiger partial charge in [-0.15, -0.1) is 4.91 Å². The fraction of sp³-hybridized carbons (Fsp3) is 0.478. The Balaban J connectivity index is 0.00000166. The van der Waals surface area contributed by atoms with Gasteiger partial charge < -0.3 is 19.9 Å². The number of fused-ring (bicyclic) bond motifs is 1. The van der Waals surface area contributed by atoms with Crippen molar-refractivity contribution in [3.05, 3.63) is 46.6 Å². The van der Waals surface area contributed by atoms with Crippen molar-refractivity contribution in [2.45, 2.75) is 59.6 Å². The maximum absolute atomic E-state index is 12.4. The monoisotopic (exact) mass is 428 g/mol. The van der Waals surface area contributed by atoms with Crippen molar-refractivity contribution in [2.24, 2.45) is 5.18 Å². The van der Waals surface area contributed by atoms with E-state index >= 15 is 0 Å². The van der Waals surface area contributed by atoms with E-state index < -0.39 is 11.7 Å². The summed E-state index contributed by atoms with van der Waals surface area (Å²) in [6.07, 6.45) is 0.179. The minimum Gasteiger partial charge on any atom is -0.444 e. The lowest BCUT2D eigenvalue weighted by Gasteiger charge is -2.28. The largest absolute Gasteiger partial charge is 0.444 e. The van der Waals surface area contributed by atoms with Gasteiger partial charge in [-0.1, -0.05) is 26.0 Å². The molecule has 0 spiro atoms. The first kappa shape index (κ1) is 24.1. The van der Waals surface area contributed by atoms with Gasteiger partial charge in [-0.05, 0) is 63.1 Å². The van der Waals surface area contributed by atoms with Crippen LogP contribution >= 0.6 is 0 Å². The van der Waals surface area contributed by atoms with E-state index in [0.29, 0.717) is 30.9 Å². The van der Waals surface area contributed by atoms with E-state index in [4.69, 9.17) is 4.74 Å². The third-order valence-electron chi connectivity index (χ3n) is 4.80. The molecule has 1 aliphatic heterocycles. The van der Waals surface area contributed by atoms with Crippen molar-refractivity contribution in [3.8, 4) is 11.1 Å². The number of nitrogens with one attached hydrogen (secondary N) is 2. The molecule has 0 aliphatic carbocycles. The summed E-state index contributed by atoms with van der Waals surface area (Å²) in [5.74, 6) is -0.139. The smallest absolute Gasteiger partial charge is 0.407 e. The number of hydrogen-bond acceptors (Lipinski definition) is 5. The quantitative estimate of drug-likeness (QED) is 0.648. The van der Waals surface area contributed by atoms with Crippen molar-refractivity contribution < 1.29 is 14.3 Å². The molecule has 1 aromatic carbocycles. The van der Waals surface area contributed by atoms with Gasteiger partial charge in [-0.25, -0.2) is 4.79 Å². The number of nitroso groups, excluding NO2 is 1. The lowest BCUT2D eigenvalue weighted by molar-refractivity contribution is 0.0523. The van der Waals surface area contributed by atoms with Gasteiger partial charge in [0, 0.05) is 24.3 Å². The lowest BCUT2D eigenvalue weighted by atomic mass is 10.1. The van der Waals surface area contributed by atoms with Gasteiger partial charge in [-0.2, -0.15) is 0 Å². The van der Waals surface area contributed by atoms with E-state index in [9.17, 15) is 14.5 Å². The van der Waals surface area contributed by atoms with Crippen LogP contribution in [0.25, 0.3) is 11.1 Å². The highest BCUT2D eigenvalue weighted by atomic mass is 16.6. The standard InChI is InChI=1S/C21H26N4O4.C2H6/c1-13-17(14-6-5-7-15(10-14)24-28)11-18-19(26)23-12-16(25(13)18)8-9-22-20(27)29-21(2,3)4;1-2/h5-7,10-11,16H,8-9,12H2,1-4H3,(H,22,27)(H,23,26);1-2H3/t16-;/m0./s1. The first-order valence-electron chi connectivity index (χ1n) is 10.6. The fourth-order valence-corrected chi connectivity index (χ4v) is 3.57. The number of alkyl carbamates (subject to hydrolysis) is 1. The Labute approximate surface area is 183 Å². The first-order valence-corrected chi connectivity index (χ1v) is 10.6. The van der Waals surface area contributed by atoms with E-state index in [1.54, 1.807) is 18.2 Å². The molecule has 2 aromatic rings. The molecule has 8 nitrogen and oxygen atoms in total. The van der Waals surface area contributed by atoms with Crippen molar-refractivity contribution in [1.82, 2.24) is 15.2 Å². The number of hydrogen-bond donors (Lipinski definition) is 2. The summed E-state index contributed by atoms with van der Waals surface area (Å²) in [6, 6.07) is 8.84. The predicted molar refractivity (Wildman–Crippen MR) is 122 cm³/mol. The minimum absolute atomic E-state index is 0.00114. The molecule has 8 heteroatoms. The van der Waals surface area contributed by atoms with Crippen LogP contribution in [0, 0.1) is 11.8 Å². The SMILES string of the molecule is CC.Cc1c(-c2cccc(N=O)c2)cc2n1[C@@H](CCNC(=O)OC(C)(C)C)CNC2=O. The molecule has 0 fully saturated rings. The number of aromatic nitrogens is 1. The van der Waals surface area contributed by atoms with Crippen LogP contribution in [-0.4, -0.2) is 35.3 Å². The number of nitrogens with zero attached hydrogens (tertiary/aromatic N) is 2. The summed E-state index contributed by atoms with van der Waals surface area (Å²) in [7, 11) is 0. The second-order valence-electron chi connectivity index (χ2n) is 8.12. The van der Waals surface area contributed by atoms with Crippen molar-refractivity contribution in [2.75, 3.05) is 13.1 Å². The number of carbonyl (C=O) groups is 2. The van der Waals surface area contributed by atoms with Crippen molar-refractivity contribution >= 4 is 17.7 Å². The van der Waals surface area contributed by atoms with Gasteiger partial charge in [0.25, 0.3) is 5.91 Å². The molecule has 1 atom stereocenters. The molecule has 168 valence electrons. The molecule has 1 aromatic heterocycles. The van der Waals surface area contributed by atoms with Crippen LogP contribution in [0.4, 0.5) is 10.5 Å². The molecule has 1 aliphatic rings. The molecule has 3 rings (SSSR count). The zero-order chi connectivity index (χ0) is 23.2. The molecule has 2 amide bonds. The number of rotatable bonds is 5. The lowest BCUT2D eigenvalue weighted by Crippen LogP contribution is -2.41. The Morgan fingerprint density at radius 2 is 2.00 bits per heavy atom. The molecule has 0 radical (unpaired) electrons. The number of benzene rings is 1. The summed E-state index contributed by atoms with van der Waals surface area (Å²) in [5, 5.41) is 8.67. The summed E-state index contributed by atoms with van der Waals surface area (Å²) in [5.41, 5.74) is 3.00. The van der Waals surface area contributed by atoms with Crippen LogP contribution in [0.3, 0.4) is 0 Å². The molecule has 0 bridgehead atoms. The van der Waals surface area contributed by atoms with Gasteiger partial charge in [0.2, 0.25) is 0 Å². The van der Waals surface area contributed by atoms with Gasteiger partial charge in [-0.3, -0.25) is 4.79 Å². The Kier molecular flexibility index (Phi) is 7.96. The van der Waals surface area contributed by atoms with E-state index in [1.165, 1.54) is 0 Å². The second-order valence-corrected chi connectivity index (χ2v) is 8.12. The zero-order valence-electron chi connectivity index (χ0n) is 19.1. The summed E-state index contributed by atoms with van der Waals surface area (Å²) >= 11 is 0. The molecule has 0 saturated carbocycles. The fourth-order valence-electron chi connectivity index (χ4n) is 3.57. The van der Waals surface area contributed by atoms with Gasteiger partial charge >= 0.3 is 6.09 Å². The maximum Gasteiger partial charge on any atom is 0.407 e. The topological polar surface area (TPSA) is 102 Å². The third kappa shape index (κ3) is 5.93. The number of ether oxygens (including phenoxy) is 1. The second kappa shape index (κ2) is 10.2. The Hall–Kier alpha value is -3.16. The highest BCUT2D eigenvalue weighted by Crippen LogP contribution is 2.33. The van der Waals surface area contributed by atoms with Crippen molar-refractivity contribution in [1.29, 1.82) is 0 Å². The maximum atomic E-state index is 12.4. The third-order valence-corrected chi connectivity index (χ3v) is 4.80. The van der Waals surface area contributed by atoms with E-state index in [-0.39, 0.29) is 11.9 Å². The molecule has 2 N–H and O–H groups in total. The molecule has 31 heavy (non-hydrogen) atoms. The zero-order valence-corrected chi connectivity index (χ0v) is 19.1. The minimum atomic E-state index is -0.549. The first-order chi connectivity index (χ1) is 14.7. The van der Waals surface area contributed by atoms with Crippen LogP contribution in [0.15, 0.2) is 35.5 Å². The molecular formula is C23H32N4O4. The normalized spacial score (nSPS) is 15.2. The average molecular weight is 429 g/mol. The number of carbonyl (C=O) groups excluding carboxylic acids is 2. The van der Waals surface area contributed by atoms with E-state index in [0.717, 1.165) is 16.8 Å². The van der Waals surface area contributed by atoms with Crippen LogP contribution in [0.2, 0.25) is 0 Å². The van der Waals surface area contributed by atoms with Gasteiger partial charge in [0.15, 0.2) is 0 Å². The van der Waals surface area contributed by atoms with Crippen LogP contribution in [0.1, 0.15) is 63.3 Å². The molecule has 0 unspecified atom stereocenters. The van der Waals surface area contributed by atoms with E-state index in [1.807, 2.05) is 58.2 Å². The van der Waals surface area contributed by atoms with E-state index in [2.05, 4.69) is 15.8 Å². The van der Waals surface area contributed by atoms with Crippen LogP contribution < -0.4 is 10.6 Å². The number of amides is 2. The van der Waals surface area contributed by atoms with Gasteiger partial charge in [0.1, 0.15) is 17.0 Å². The Bertz CT molecular complexity index is 944. The highest BCUT2D eigenvalue weighted by Gasteiger charge is 2.28. The molecule has 0 saturated heterocycles. The summed E-state index contributed by atoms with van der Waals surface area (Å²) in [4.78, 5) is 35.1. The molecule has 2 heterocycles. The summed E-state index contributed by atoms with van der Waals surface area (Å²) in [6.45, 7) is 12.3. The summed E-state index contributed by atoms with van der Waals surface area (Å²) < 4.78 is 7.27.